The Bertz CT molecular complexity index is 1330. The maximum absolute atomic E-state index is 13.7. The van der Waals surface area contributed by atoms with E-state index in [9.17, 15) is 18.0 Å². The molecule has 2 amide bonds. The first-order valence-electron chi connectivity index (χ1n) is 13.3. The summed E-state index contributed by atoms with van der Waals surface area (Å²) in [5.41, 5.74) is 3.24. The third kappa shape index (κ3) is 7.03. The van der Waals surface area contributed by atoms with Crippen LogP contribution in [0, 0.1) is 0 Å². The summed E-state index contributed by atoms with van der Waals surface area (Å²) in [6.07, 6.45) is 1.06. The maximum atomic E-state index is 13.7. The van der Waals surface area contributed by atoms with Gasteiger partial charge in [-0.05, 0) is 50.3 Å². The van der Waals surface area contributed by atoms with E-state index in [4.69, 9.17) is 4.74 Å². The van der Waals surface area contributed by atoms with Gasteiger partial charge in [-0.25, -0.2) is 13.2 Å². The number of fused-ring (bicyclic) bond motifs is 1. The second-order valence-electron chi connectivity index (χ2n) is 10.9. The van der Waals surface area contributed by atoms with Gasteiger partial charge in [0.2, 0.25) is 0 Å². The average molecular weight is 572 g/mol. The lowest BCUT2D eigenvalue weighted by Crippen LogP contribution is -2.45. The van der Waals surface area contributed by atoms with Gasteiger partial charge in [-0.3, -0.25) is 4.79 Å². The first-order chi connectivity index (χ1) is 18.4. The molecule has 3 atom stereocenters. The number of sulfone groups is 1. The summed E-state index contributed by atoms with van der Waals surface area (Å²) in [5, 5.41) is 2.97. The fourth-order valence-corrected chi connectivity index (χ4v) is 8.93. The van der Waals surface area contributed by atoms with Crippen molar-refractivity contribution in [3.8, 4) is 0 Å². The van der Waals surface area contributed by atoms with Crippen molar-refractivity contribution in [1.29, 1.82) is 0 Å². The molecule has 1 N–H and O–H groups in total. The number of thioether (sulfide) groups is 1. The molecule has 0 spiro atoms. The zero-order valence-corrected chi connectivity index (χ0v) is 24.8. The molecular weight excluding hydrogens is 534 g/mol. The monoisotopic (exact) mass is 571 g/mol. The van der Waals surface area contributed by atoms with Gasteiger partial charge in [-0.15, -0.1) is 0 Å². The van der Waals surface area contributed by atoms with Crippen molar-refractivity contribution in [2.45, 2.75) is 76.8 Å². The van der Waals surface area contributed by atoms with Crippen molar-refractivity contribution in [2.75, 3.05) is 16.4 Å². The minimum Gasteiger partial charge on any atom is -0.444 e. The molecule has 10 heteroatoms. The molecule has 39 heavy (non-hydrogen) atoms. The number of hydrogen-bond donors (Lipinski definition) is 1. The molecule has 2 aliphatic rings. The smallest absolute Gasteiger partial charge is 0.408 e. The number of alkyl carbamates (subject to hydrolysis) is 1. The SMILES string of the molecule is CCc1cccc(CC)c1N1C(=NC(=O)[C@H](Cc2ccccc2)NC(=O)OC(C)(C)C)S[C@H]2CS(=O)(=O)C[C@H]21. The fourth-order valence-electron chi connectivity index (χ4n) is 5.02. The van der Waals surface area contributed by atoms with Crippen molar-refractivity contribution in [3.05, 3.63) is 65.2 Å². The third-order valence-corrected chi connectivity index (χ3v) is 9.96. The Balaban J connectivity index is 1.73. The van der Waals surface area contributed by atoms with E-state index in [0.29, 0.717) is 5.17 Å². The lowest BCUT2D eigenvalue weighted by molar-refractivity contribution is -0.119. The highest BCUT2D eigenvalue weighted by atomic mass is 32.2. The van der Waals surface area contributed by atoms with Crippen LogP contribution in [-0.4, -0.2) is 60.0 Å². The second-order valence-corrected chi connectivity index (χ2v) is 14.3. The minimum absolute atomic E-state index is 0.0166. The van der Waals surface area contributed by atoms with Crippen LogP contribution in [0.3, 0.4) is 0 Å². The number of anilines is 1. The largest absolute Gasteiger partial charge is 0.444 e. The molecule has 210 valence electrons. The van der Waals surface area contributed by atoms with Gasteiger partial charge in [-0.1, -0.05) is 74.1 Å². The van der Waals surface area contributed by atoms with E-state index in [2.05, 4.69) is 24.2 Å². The molecule has 2 saturated heterocycles. The number of amidine groups is 1. The first kappa shape index (κ1) is 29.1. The number of carbonyl (C=O) groups is 2. The number of aryl methyl sites for hydroxylation is 2. The lowest BCUT2D eigenvalue weighted by Gasteiger charge is -2.29. The number of benzene rings is 2. The predicted octanol–water partition coefficient (Wildman–Crippen LogP) is 4.55. The maximum Gasteiger partial charge on any atom is 0.408 e. The van der Waals surface area contributed by atoms with Crippen LogP contribution >= 0.6 is 11.8 Å². The minimum atomic E-state index is -3.20. The molecule has 0 unspecified atom stereocenters. The molecule has 0 aliphatic carbocycles. The number of rotatable bonds is 7. The average Bonchev–Trinajstić information content (AvgIpc) is 3.32. The molecule has 0 saturated carbocycles. The normalized spacial score (nSPS) is 22.0. The molecule has 0 bridgehead atoms. The summed E-state index contributed by atoms with van der Waals surface area (Å²) >= 11 is 1.34. The topological polar surface area (TPSA) is 105 Å². The number of amides is 2. The number of aliphatic imine (C=N–C) groups is 1. The van der Waals surface area contributed by atoms with Crippen LogP contribution in [0.1, 0.15) is 51.3 Å². The number of nitrogens with one attached hydrogen (secondary N) is 1. The van der Waals surface area contributed by atoms with Gasteiger partial charge in [0.15, 0.2) is 15.0 Å². The summed E-state index contributed by atoms with van der Waals surface area (Å²) < 4.78 is 30.6. The Morgan fingerprint density at radius 1 is 1.05 bits per heavy atom. The van der Waals surface area contributed by atoms with Crippen molar-refractivity contribution < 1.29 is 22.7 Å². The van der Waals surface area contributed by atoms with Gasteiger partial charge in [0.05, 0.1) is 17.5 Å². The summed E-state index contributed by atoms with van der Waals surface area (Å²) in [6, 6.07) is 14.2. The number of nitrogens with zero attached hydrogens (tertiary/aromatic N) is 2. The standard InChI is InChI=1S/C29H37N3O5S2/c1-6-20-14-11-15-21(7-2)25(20)32-23-17-39(35,36)18-24(23)38-27(32)31-26(33)22(16-19-12-9-8-10-13-19)30-28(34)37-29(3,4)5/h8-15,22-24H,6-7,16-18H2,1-5H3,(H,30,34)/t22-,23+,24-/m0/s1. The highest BCUT2D eigenvalue weighted by Gasteiger charge is 2.50. The van der Waals surface area contributed by atoms with E-state index in [0.717, 1.165) is 35.2 Å². The number of para-hydroxylation sites is 1. The molecule has 2 aromatic rings. The van der Waals surface area contributed by atoms with Crippen molar-refractivity contribution in [3.63, 3.8) is 0 Å². The zero-order valence-electron chi connectivity index (χ0n) is 23.1. The van der Waals surface area contributed by atoms with E-state index in [1.54, 1.807) is 20.8 Å². The summed E-state index contributed by atoms with van der Waals surface area (Å²) in [4.78, 5) is 32.9. The van der Waals surface area contributed by atoms with Gasteiger partial charge < -0.3 is 15.0 Å². The Hall–Kier alpha value is -2.85. The summed E-state index contributed by atoms with van der Waals surface area (Å²) in [5.74, 6) is -0.444. The van der Waals surface area contributed by atoms with E-state index >= 15 is 0 Å². The molecule has 2 heterocycles. The third-order valence-electron chi connectivity index (χ3n) is 6.75. The number of carbonyl (C=O) groups excluding carboxylic acids is 2. The van der Waals surface area contributed by atoms with Crippen LogP contribution < -0.4 is 10.2 Å². The van der Waals surface area contributed by atoms with Crippen molar-refractivity contribution in [1.82, 2.24) is 5.32 Å². The predicted molar refractivity (Wildman–Crippen MR) is 157 cm³/mol. The Kier molecular flexibility index (Phi) is 8.75. The van der Waals surface area contributed by atoms with Crippen LogP contribution in [0.4, 0.5) is 10.5 Å². The second kappa shape index (κ2) is 11.7. The van der Waals surface area contributed by atoms with Crippen molar-refractivity contribution >= 4 is 44.5 Å². The van der Waals surface area contributed by atoms with E-state index in [1.807, 2.05) is 53.4 Å². The van der Waals surface area contributed by atoms with Crippen LogP contribution in [0.15, 0.2) is 53.5 Å². The molecule has 2 fully saturated rings. The van der Waals surface area contributed by atoms with Gasteiger partial charge in [0, 0.05) is 17.4 Å². The van der Waals surface area contributed by atoms with Gasteiger partial charge in [-0.2, -0.15) is 4.99 Å². The van der Waals surface area contributed by atoms with Crippen molar-refractivity contribution in [2.24, 2.45) is 4.99 Å². The first-order valence-corrected chi connectivity index (χ1v) is 16.0. The quantitative estimate of drug-likeness (QED) is 0.520. The highest BCUT2D eigenvalue weighted by molar-refractivity contribution is 8.16. The van der Waals surface area contributed by atoms with E-state index in [1.165, 1.54) is 11.8 Å². The number of hydrogen-bond acceptors (Lipinski definition) is 6. The highest BCUT2D eigenvalue weighted by Crippen LogP contribution is 2.43. The van der Waals surface area contributed by atoms with Crippen LogP contribution in [0.25, 0.3) is 0 Å². The molecule has 0 aromatic heterocycles. The molecular formula is C29H37N3O5S2. The van der Waals surface area contributed by atoms with Gasteiger partial charge >= 0.3 is 6.09 Å². The van der Waals surface area contributed by atoms with Crippen LogP contribution in [-0.2, 0) is 38.6 Å². The summed E-state index contributed by atoms with van der Waals surface area (Å²) in [7, 11) is -3.20. The molecule has 4 rings (SSSR count). The summed E-state index contributed by atoms with van der Waals surface area (Å²) in [6.45, 7) is 9.41. The fraction of sp³-hybridized carbons (Fsp3) is 0.483. The Morgan fingerprint density at radius 2 is 1.69 bits per heavy atom. The molecule has 0 radical (unpaired) electrons. The van der Waals surface area contributed by atoms with E-state index < -0.39 is 33.5 Å². The van der Waals surface area contributed by atoms with Gasteiger partial charge in [0.1, 0.15) is 11.6 Å². The van der Waals surface area contributed by atoms with Crippen LogP contribution in [0.5, 0.6) is 0 Å². The lowest BCUT2D eigenvalue weighted by atomic mass is 10.0. The molecule has 2 aromatic carbocycles. The molecule has 2 aliphatic heterocycles. The Morgan fingerprint density at radius 3 is 2.28 bits per heavy atom. The molecule has 8 nitrogen and oxygen atoms in total. The zero-order chi connectivity index (χ0) is 28.4. The van der Waals surface area contributed by atoms with Gasteiger partial charge in [0.25, 0.3) is 5.91 Å². The van der Waals surface area contributed by atoms with E-state index in [-0.39, 0.29) is 29.2 Å². The number of ether oxygens (including phenoxy) is 1. The Labute approximate surface area is 235 Å². The van der Waals surface area contributed by atoms with Crippen LogP contribution in [0.2, 0.25) is 0 Å².